The number of rotatable bonds is 5. The molecule has 0 aromatic heterocycles. The van der Waals surface area contributed by atoms with Gasteiger partial charge in [0.25, 0.3) is 0 Å². The lowest BCUT2D eigenvalue weighted by molar-refractivity contribution is -0.146. The minimum Gasteiger partial charge on any atom is -0.481 e. The number of benzene rings is 1. The first-order valence-corrected chi connectivity index (χ1v) is 7.76. The highest BCUT2D eigenvalue weighted by molar-refractivity contribution is 5.85. The molecule has 1 aliphatic heterocycles. The Morgan fingerprint density at radius 2 is 1.78 bits per heavy atom. The van der Waals surface area contributed by atoms with Gasteiger partial charge in [0.05, 0.1) is 18.9 Å². The lowest BCUT2D eigenvalue weighted by Crippen LogP contribution is -2.45. The zero-order valence-electron chi connectivity index (χ0n) is 13.3. The molecule has 1 aromatic carbocycles. The van der Waals surface area contributed by atoms with Crippen molar-refractivity contribution < 1.29 is 19.5 Å². The zero-order chi connectivity index (χ0) is 16.8. The summed E-state index contributed by atoms with van der Waals surface area (Å²) < 4.78 is 0. The molecule has 1 aromatic rings. The molecule has 0 unspecified atom stereocenters. The molecule has 0 spiro atoms. The van der Waals surface area contributed by atoms with Crippen molar-refractivity contribution in [2.75, 3.05) is 26.7 Å². The molecule has 0 atom stereocenters. The predicted octanol–water partition coefficient (Wildman–Crippen LogP) is 1.01. The van der Waals surface area contributed by atoms with Gasteiger partial charge in [-0.3, -0.25) is 14.4 Å². The fraction of sp³-hybridized carbons (Fsp3) is 0.471. The van der Waals surface area contributed by atoms with Crippen molar-refractivity contribution in [3.8, 4) is 0 Å². The Bertz CT molecular complexity index is 565. The van der Waals surface area contributed by atoms with Crippen LogP contribution in [0.25, 0.3) is 0 Å². The average molecular weight is 318 g/mol. The fourth-order valence-electron chi connectivity index (χ4n) is 2.67. The molecule has 1 fully saturated rings. The number of hydrogen-bond acceptors (Lipinski definition) is 3. The first-order valence-electron chi connectivity index (χ1n) is 7.76. The van der Waals surface area contributed by atoms with Crippen LogP contribution in [0.3, 0.4) is 0 Å². The fourth-order valence-corrected chi connectivity index (χ4v) is 2.67. The third-order valence-electron chi connectivity index (χ3n) is 4.19. The van der Waals surface area contributed by atoms with E-state index in [4.69, 9.17) is 5.11 Å². The summed E-state index contributed by atoms with van der Waals surface area (Å²) in [5, 5.41) is 8.97. The number of carboxylic acid groups (broad SMARTS) is 1. The molecule has 0 bridgehead atoms. The number of nitrogens with zero attached hydrogens (tertiary/aromatic N) is 2. The van der Waals surface area contributed by atoms with E-state index in [2.05, 4.69) is 0 Å². The molecule has 0 radical (unpaired) electrons. The summed E-state index contributed by atoms with van der Waals surface area (Å²) >= 11 is 0. The van der Waals surface area contributed by atoms with Gasteiger partial charge in [-0.25, -0.2) is 0 Å². The van der Waals surface area contributed by atoms with Crippen LogP contribution >= 0.6 is 0 Å². The maximum Gasteiger partial charge on any atom is 0.306 e. The van der Waals surface area contributed by atoms with Gasteiger partial charge in [0.2, 0.25) is 11.8 Å². The number of likely N-dealkylation sites (N-methyl/N-ethyl adjacent to an activating group) is 1. The van der Waals surface area contributed by atoms with Gasteiger partial charge in [0, 0.05) is 20.1 Å². The van der Waals surface area contributed by atoms with Crippen LogP contribution in [0.5, 0.6) is 0 Å². The lowest BCUT2D eigenvalue weighted by atomic mass is 9.97. The molecule has 1 aliphatic rings. The van der Waals surface area contributed by atoms with Crippen LogP contribution < -0.4 is 0 Å². The smallest absolute Gasteiger partial charge is 0.306 e. The number of piperidine rings is 1. The van der Waals surface area contributed by atoms with E-state index in [-0.39, 0.29) is 30.7 Å². The standard InChI is InChI=1S/C17H22N2O4/c1-18(15(20)11-13-5-3-2-4-6-13)12-16(21)19-9-7-14(8-10-19)17(22)23/h2-6,14H,7-12H2,1H3,(H,22,23). The van der Waals surface area contributed by atoms with E-state index in [9.17, 15) is 14.4 Å². The number of carboxylic acids is 1. The second-order valence-electron chi connectivity index (χ2n) is 5.91. The summed E-state index contributed by atoms with van der Waals surface area (Å²) in [4.78, 5) is 38.4. The van der Waals surface area contributed by atoms with Gasteiger partial charge in [-0.15, -0.1) is 0 Å². The lowest BCUT2D eigenvalue weighted by Gasteiger charge is -2.31. The number of likely N-dealkylation sites (tertiary alicyclic amines) is 1. The minimum atomic E-state index is -0.799. The Labute approximate surface area is 135 Å². The molecule has 1 saturated heterocycles. The first-order chi connectivity index (χ1) is 11.0. The SMILES string of the molecule is CN(CC(=O)N1CCC(C(=O)O)CC1)C(=O)Cc1ccccc1. The number of carbonyl (C=O) groups is 3. The van der Waals surface area contributed by atoms with Crippen molar-refractivity contribution in [2.45, 2.75) is 19.3 Å². The molecular weight excluding hydrogens is 296 g/mol. The first kappa shape index (κ1) is 17.0. The molecule has 2 amide bonds. The maximum absolute atomic E-state index is 12.2. The van der Waals surface area contributed by atoms with Gasteiger partial charge in [-0.05, 0) is 18.4 Å². The highest BCUT2D eigenvalue weighted by Crippen LogP contribution is 2.17. The third-order valence-corrected chi connectivity index (χ3v) is 4.19. The van der Waals surface area contributed by atoms with E-state index in [0.717, 1.165) is 5.56 Å². The van der Waals surface area contributed by atoms with E-state index >= 15 is 0 Å². The molecule has 1 N–H and O–H groups in total. The molecule has 23 heavy (non-hydrogen) atoms. The predicted molar refractivity (Wildman–Crippen MR) is 84.7 cm³/mol. The van der Waals surface area contributed by atoms with E-state index in [1.807, 2.05) is 30.3 Å². The second-order valence-corrected chi connectivity index (χ2v) is 5.91. The molecule has 6 nitrogen and oxygen atoms in total. The van der Waals surface area contributed by atoms with Crippen molar-refractivity contribution in [2.24, 2.45) is 5.92 Å². The quantitative estimate of drug-likeness (QED) is 0.879. The van der Waals surface area contributed by atoms with E-state index in [0.29, 0.717) is 25.9 Å². The second kappa shape index (κ2) is 7.76. The molecule has 0 saturated carbocycles. The maximum atomic E-state index is 12.2. The van der Waals surface area contributed by atoms with Crippen molar-refractivity contribution in [3.05, 3.63) is 35.9 Å². The zero-order valence-corrected chi connectivity index (χ0v) is 13.3. The van der Waals surface area contributed by atoms with Crippen LogP contribution in [-0.2, 0) is 20.8 Å². The Balaban J connectivity index is 1.80. The van der Waals surface area contributed by atoms with Gasteiger partial charge in [-0.1, -0.05) is 30.3 Å². The average Bonchev–Trinajstić information content (AvgIpc) is 2.55. The Hall–Kier alpha value is -2.37. The van der Waals surface area contributed by atoms with E-state index in [1.54, 1.807) is 11.9 Å². The summed E-state index contributed by atoms with van der Waals surface area (Å²) in [6.07, 6.45) is 1.22. The number of carbonyl (C=O) groups excluding carboxylic acids is 2. The monoisotopic (exact) mass is 318 g/mol. The van der Waals surface area contributed by atoms with Gasteiger partial charge in [0.1, 0.15) is 0 Å². The topological polar surface area (TPSA) is 77.9 Å². The molecule has 2 rings (SSSR count). The van der Waals surface area contributed by atoms with Crippen LogP contribution in [0.4, 0.5) is 0 Å². The minimum absolute atomic E-state index is 0.0312. The Morgan fingerprint density at radius 3 is 2.35 bits per heavy atom. The van der Waals surface area contributed by atoms with Crippen LogP contribution in [0.2, 0.25) is 0 Å². The number of hydrogen-bond donors (Lipinski definition) is 1. The summed E-state index contributed by atoms with van der Waals surface area (Å²) in [5.41, 5.74) is 0.916. The van der Waals surface area contributed by atoms with E-state index < -0.39 is 5.97 Å². The highest BCUT2D eigenvalue weighted by Gasteiger charge is 2.27. The largest absolute Gasteiger partial charge is 0.481 e. The Kier molecular flexibility index (Phi) is 5.73. The van der Waals surface area contributed by atoms with Crippen LogP contribution in [0.1, 0.15) is 18.4 Å². The third kappa shape index (κ3) is 4.81. The normalized spacial score (nSPS) is 15.3. The molecule has 6 heteroatoms. The van der Waals surface area contributed by atoms with Crippen LogP contribution in [0.15, 0.2) is 30.3 Å². The number of amides is 2. The van der Waals surface area contributed by atoms with Crippen LogP contribution in [0, 0.1) is 5.92 Å². The summed E-state index contributed by atoms with van der Waals surface area (Å²) in [6, 6.07) is 9.40. The summed E-state index contributed by atoms with van der Waals surface area (Å²) in [5.74, 6) is -1.40. The Morgan fingerprint density at radius 1 is 1.17 bits per heavy atom. The van der Waals surface area contributed by atoms with Gasteiger partial charge in [-0.2, -0.15) is 0 Å². The van der Waals surface area contributed by atoms with Crippen molar-refractivity contribution in [3.63, 3.8) is 0 Å². The van der Waals surface area contributed by atoms with Gasteiger partial charge in [0.15, 0.2) is 0 Å². The van der Waals surface area contributed by atoms with Crippen LogP contribution in [-0.4, -0.2) is 59.4 Å². The van der Waals surface area contributed by atoms with Crippen molar-refractivity contribution in [1.29, 1.82) is 0 Å². The van der Waals surface area contributed by atoms with E-state index in [1.165, 1.54) is 4.90 Å². The summed E-state index contributed by atoms with van der Waals surface area (Å²) in [6.45, 7) is 0.913. The van der Waals surface area contributed by atoms with Crippen molar-refractivity contribution >= 4 is 17.8 Å². The molecule has 1 heterocycles. The molecule has 0 aliphatic carbocycles. The van der Waals surface area contributed by atoms with Gasteiger partial charge < -0.3 is 14.9 Å². The highest BCUT2D eigenvalue weighted by atomic mass is 16.4. The summed E-state index contributed by atoms with van der Waals surface area (Å²) in [7, 11) is 1.62. The van der Waals surface area contributed by atoms with Crippen molar-refractivity contribution in [1.82, 2.24) is 9.80 Å². The number of aliphatic carboxylic acids is 1. The molecular formula is C17H22N2O4. The van der Waals surface area contributed by atoms with Gasteiger partial charge >= 0.3 is 5.97 Å². The molecule has 124 valence electrons.